The highest BCUT2D eigenvalue weighted by molar-refractivity contribution is 7.86. The lowest BCUT2D eigenvalue weighted by atomic mass is 10.2. The van der Waals surface area contributed by atoms with E-state index in [0.29, 0.717) is 0 Å². The Morgan fingerprint density at radius 2 is 2.17 bits per heavy atom. The van der Waals surface area contributed by atoms with Crippen LogP contribution in [0.15, 0.2) is 23.4 Å². The summed E-state index contributed by atoms with van der Waals surface area (Å²) < 4.78 is 32.9. The predicted molar refractivity (Wildman–Crippen MR) is 41.9 cm³/mol. The van der Waals surface area contributed by atoms with Crippen LogP contribution in [0, 0.1) is 0 Å². The fourth-order valence-electron chi connectivity index (χ4n) is 0.764. The molecule has 1 heterocycles. The van der Waals surface area contributed by atoms with Crippen molar-refractivity contribution >= 4 is 10.2 Å². The smallest absolute Gasteiger partial charge is 0.242 e. The highest BCUT2D eigenvalue weighted by Crippen LogP contribution is 2.09. The fourth-order valence-corrected chi connectivity index (χ4v) is 1.17. The summed E-state index contributed by atoms with van der Waals surface area (Å²) in [5.74, 6) is 0. The van der Waals surface area contributed by atoms with Crippen LogP contribution in [0.25, 0.3) is 0 Å². The van der Waals surface area contributed by atoms with E-state index in [2.05, 4.69) is 4.98 Å². The third-order valence-electron chi connectivity index (χ3n) is 1.46. The van der Waals surface area contributed by atoms with E-state index < -0.39 is 15.2 Å². The standard InChI is InChI=1S/C7H8FNO2S/c1-2-6-3-4-7(9-5-6)12(8,10)11/h3-5H,2H2,1H3. The number of halogens is 1. The zero-order valence-electron chi connectivity index (χ0n) is 6.49. The van der Waals surface area contributed by atoms with Crippen molar-refractivity contribution < 1.29 is 12.3 Å². The van der Waals surface area contributed by atoms with E-state index >= 15 is 0 Å². The van der Waals surface area contributed by atoms with Gasteiger partial charge in [0.1, 0.15) is 0 Å². The van der Waals surface area contributed by atoms with Gasteiger partial charge >= 0.3 is 10.2 Å². The van der Waals surface area contributed by atoms with Crippen LogP contribution in [0.3, 0.4) is 0 Å². The van der Waals surface area contributed by atoms with Crippen molar-refractivity contribution in [2.24, 2.45) is 0 Å². The zero-order chi connectivity index (χ0) is 9.19. The lowest BCUT2D eigenvalue weighted by molar-refractivity contribution is 0.547. The van der Waals surface area contributed by atoms with Crippen molar-refractivity contribution in [3.63, 3.8) is 0 Å². The van der Waals surface area contributed by atoms with Gasteiger partial charge in [-0.2, -0.15) is 8.42 Å². The van der Waals surface area contributed by atoms with E-state index in [1.807, 2.05) is 6.92 Å². The van der Waals surface area contributed by atoms with Crippen LogP contribution in [0.2, 0.25) is 0 Å². The lowest BCUT2D eigenvalue weighted by Crippen LogP contribution is -1.96. The number of pyridine rings is 1. The Balaban J connectivity index is 3.09. The molecule has 66 valence electrons. The van der Waals surface area contributed by atoms with Crippen molar-refractivity contribution in [2.75, 3.05) is 0 Å². The second kappa shape index (κ2) is 3.18. The zero-order valence-corrected chi connectivity index (χ0v) is 7.31. The molecule has 0 bridgehead atoms. The largest absolute Gasteiger partial charge is 0.349 e. The Labute approximate surface area is 70.5 Å². The van der Waals surface area contributed by atoms with Gasteiger partial charge in [-0.05, 0) is 18.1 Å². The third kappa shape index (κ3) is 2.01. The second-order valence-corrected chi connectivity index (χ2v) is 3.59. The highest BCUT2D eigenvalue weighted by atomic mass is 32.3. The lowest BCUT2D eigenvalue weighted by Gasteiger charge is -1.95. The molecule has 0 saturated heterocycles. The summed E-state index contributed by atoms with van der Waals surface area (Å²) in [4.78, 5) is 3.46. The van der Waals surface area contributed by atoms with Crippen LogP contribution in [0.5, 0.6) is 0 Å². The normalized spacial score (nSPS) is 11.5. The van der Waals surface area contributed by atoms with Gasteiger partial charge in [-0.25, -0.2) is 4.98 Å². The van der Waals surface area contributed by atoms with Crippen molar-refractivity contribution in [2.45, 2.75) is 18.4 Å². The Morgan fingerprint density at radius 3 is 2.50 bits per heavy atom. The first kappa shape index (κ1) is 9.12. The molecular weight excluding hydrogens is 181 g/mol. The first-order valence-corrected chi connectivity index (χ1v) is 4.82. The SMILES string of the molecule is CCc1ccc(S(=O)(=O)F)nc1. The number of hydrogen-bond donors (Lipinski definition) is 0. The third-order valence-corrected chi connectivity index (χ3v) is 2.20. The minimum Gasteiger partial charge on any atom is -0.242 e. The molecule has 0 spiro atoms. The van der Waals surface area contributed by atoms with Gasteiger partial charge in [0.2, 0.25) is 0 Å². The van der Waals surface area contributed by atoms with Gasteiger partial charge < -0.3 is 0 Å². The van der Waals surface area contributed by atoms with E-state index in [9.17, 15) is 12.3 Å². The molecule has 0 unspecified atom stereocenters. The minimum absolute atomic E-state index is 0.528. The molecule has 0 radical (unpaired) electrons. The summed E-state index contributed by atoms with van der Waals surface area (Å²) >= 11 is 0. The van der Waals surface area contributed by atoms with E-state index in [-0.39, 0.29) is 0 Å². The molecule has 0 aliphatic heterocycles. The molecule has 5 heteroatoms. The summed E-state index contributed by atoms with van der Waals surface area (Å²) in [6.07, 6.45) is 2.10. The van der Waals surface area contributed by atoms with Crippen LogP contribution in [-0.2, 0) is 16.6 Å². The maximum absolute atomic E-state index is 12.3. The Morgan fingerprint density at radius 1 is 1.50 bits per heavy atom. The van der Waals surface area contributed by atoms with Gasteiger partial charge in [0.15, 0.2) is 5.03 Å². The Kier molecular flexibility index (Phi) is 2.42. The van der Waals surface area contributed by atoms with Crippen LogP contribution in [0.4, 0.5) is 3.89 Å². The van der Waals surface area contributed by atoms with Crippen molar-refractivity contribution in [1.29, 1.82) is 0 Å². The average Bonchev–Trinajstić information content (AvgIpc) is 2.03. The van der Waals surface area contributed by atoms with Gasteiger partial charge in [-0.3, -0.25) is 0 Å². The monoisotopic (exact) mass is 189 g/mol. The molecule has 1 rings (SSSR count). The summed E-state index contributed by atoms with van der Waals surface area (Å²) in [6, 6.07) is 2.70. The topological polar surface area (TPSA) is 47.0 Å². The molecule has 1 aromatic heterocycles. The van der Waals surface area contributed by atoms with Crippen LogP contribution in [0.1, 0.15) is 12.5 Å². The van der Waals surface area contributed by atoms with E-state index in [0.717, 1.165) is 18.1 Å². The van der Waals surface area contributed by atoms with Crippen LogP contribution >= 0.6 is 0 Å². The Bertz CT molecular complexity index is 357. The molecule has 0 aromatic carbocycles. The second-order valence-electron chi connectivity index (χ2n) is 2.30. The maximum Gasteiger partial charge on any atom is 0.349 e. The van der Waals surface area contributed by atoms with Gasteiger partial charge in [-0.1, -0.05) is 16.9 Å². The van der Waals surface area contributed by atoms with Crippen molar-refractivity contribution in [3.8, 4) is 0 Å². The quantitative estimate of drug-likeness (QED) is 0.659. The summed E-state index contributed by atoms with van der Waals surface area (Å²) in [5, 5.41) is -0.528. The molecule has 1 aromatic rings. The number of aromatic nitrogens is 1. The molecule has 12 heavy (non-hydrogen) atoms. The molecule has 0 saturated carbocycles. The summed E-state index contributed by atoms with van der Waals surface area (Å²) in [5.41, 5.74) is 0.877. The number of hydrogen-bond acceptors (Lipinski definition) is 3. The number of nitrogens with zero attached hydrogens (tertiary/aromatic N) is 1. The van der Waals surface area contributed by atoms with Crippen LogP contribution in [-0.4, -0.2) is 13.4 Å². The van der Waals surface area contributed by atoms with E-state index in [1.165, 1.54) is 6.20 Å². The van der Waals surface area contributed by atoms with Crippen molar-refractivity contribution in [1.82, 2.24) is 4.98 Å². The van der Waals surface area contributed by atoms with E-state index in [4.69, 9.17) is 0 Å². The summed E-state index contributed by atoms with van der Waals surface area (Å²) in [7, 11) is -4.64. The first-order valence-electron chi connectivity index (χ1n) is 3.43. The van der Waals surface area contributed by atoms with Gasteiger partial charge in [0.25, 0.3) is 0 Å². The number of aryl methyl sites for hydroxylation is 1. The van der Waals surface area contributed by atoms with E-state index in [1.54, 1.807) is 6.07 Å². The summed E-state index contributed by atoms with van der Waals surface area (Å²) in [6.45, 7) is 1.90. The molecule has 0 aliphatic carbocycles. The molecular formula is C7H8FNO2S. The van der Waals surface area contributed by atoms with Gasteiger partial charge in [-0.15, -0.1) is 0 Å². The van der Waals surface area contributed by atoms with Gasteiger partial charge in [0, 0.05) is 6.20 Å². The Hall–Kier alpha value is -0.970. The van der Waals surface area contributed by atoms with Crippen molar-refractivity contribution in [3.05, 3.63) is 23.9 Å². The minimum atomic E-state index is -4.64. The molecule has 0 atom stereocenters. The fraction of sp³-hybridized carbons (Fsp3) is 0.286. The highest BCUT2D eigenvalue weighted by Gasteiger charge is 2.12. The first-order chi connectivity index (χ1) is 5.54. The molecule has 0 amide bonds. The maximum atomic E-state index is 12.3. The average molecular weight is 189 g/mol. The number of rotatable bonds is 2. The molecule has 0 aliphatic rings. The predicted octanol–water partition coefficient (Wildman–Crippen LogP) is 1.30. The molecule has 0 N–H and O–H groups in total. The van der Waals surface area contributed by atoms with Gasteiger partial charge in [0.05, 0.1) is 0 Å². The molecule has 3 nitrogen and oxygen atoms in total. The van der Waals surface area contributed by atoms with Crippen LogP contribution < -0.4 is 0 Å². The molecule has 0 fully saturated rings.